The largest absolute Gasteiger partial charge is 0.497 e. The Balaban J connectivity index is 2.24. The van der Waals surface area contributed by atoms with Crippen LogP contribution in [0, 0.1) is 0 Å². The van der Waals surface area contributed by atoms with E-state index >= 15 is 0 Å². The number of aromatic nitrogens is 1. The van der Waals surface area contributed by atoms with Gasteiger partial charge >= 0.3 is 6.09 Å². The molecular weight excluding hydrogens is 244 g/mol. The molecule has 0 aliphatic heterocycles. The molecule has 0 aliphatic rings. The van der Waals surface area contributed by atoms with E-state index in [2.05, 4.69) is 5.32 Å². The van der Waals surface area contributed by atoms with Gasteiger partial charge in [-0.2, -0.15) is 0 Å². The quantitative estimate of drug-likeness (QED) is 0.920. The van der Waals surface area contributed by atoms with Crippen molar-refractivity contribution in [3.63, 3.8) is 0 Å². The zero-order chi connectivity index (χ0) is 13.8. The van der Waals surface area contributed by atoms with Gasteiger partial charge in [-0.1, -0.05) is 0 Å². The smallest absolute Gasteiger partial charge is 0.407 e. The number of hydrogen-bond acceptors (Lipinski definition) is 3. The molecule has 0 fully saturated rings. The molecule has 5 nitrogen and oxygen atoms in total. The first-order valence-corrected chi connectivity index (χ1v) is 6.18. The van der Waals surface area contributed by atoms with Crippen LogP contribution in [0.5, 0.6) is 5.75 Å². The molecule has 0 radical (unpaired) electrons. The van der Waals surface area contributed by atoms with Crippen molar-refractivity contribution in [2.75, 3.05) is 13.7 Å². The number of aryl methyl sites for hydroxylation is 1. The number of rotatable bonds is 4. The fourth-order valence-corrected chi connectivity index (χ4v) is 2.07. The van der Waals surface area contributed by atoms with Crippen molar-refractivity contribution in [1.29, 1.82) is 0 Å². The Hall–Kier alpha value is -2.17. The number of benzene rings is 1. The maximum atomic E-state index is 11.3. The number of nitrogens with zero attached hydrogens (tertiary/aromatic N) is 1. The third-order valence-corrected chi connectivity index (χ3v) is 2.98. The highest BCUT2D eigenvalue weighted by Crippen LogP contribution is 2.25. The van der Waals surface area contributed by atoms with Crippen LogP contribution in [0.2, 0.25) is 0 Å². The van der Waals surface area contributed by atoms with Crippen LogP contribution in [0.3, 0.4) is 0 Å². The maximum absolute atomic E-state index is 11.3. The fourth-order valence-electron chi connectivity index (χ4n) is 2.07. The molecule has 0 spiro atoms. The molecule has 2 rings (SSSR count). The van der Waals surface area contributed by atoms with Gasteiger partial charge in [0.2, 0.25) is 0 Å². The molecule has 102 valence electrons. The summed E-state index contributed by atoms with van der Waals surface area (Å²) in [6.45, 7) is 2.58. The number of methoxy groups -OCH3 is 1. The summed E-state index contributed by atoms with van der Waals surface area (Å²) < 4.78 is 12.1. The van der Waals surface area contributed by atoms with Crippen molar-refractivity contribution in [3.05, 3.63) is 30.0 Å². The first-order valence-electron chi connectivity index (χ1n) is 6.18. The van der Waals surface area contributed by atoms with Gasteiger partial charge in [-0.05, 0) is 30.7 Å². The van der Waals surface area contributed by atoms with Gasteiger partial charge in [0.25, 0.3) is 0 Å². The van der Waals surface area contributed by atoms with E-state index in [4.69, 9.17) is 9.47 Å². The SMILES string of the molecule is CCOC(=O)NCc1cn(C)c2ccc(OC)cc12. The third-order valence-electron chi connectivity index (χ3n) is 2.98. The van der Waals surface area contributed by atoms with E-state index in [0.717, 1.165) is 22.2 Å². The van der Waals surface area contributed by atoms with Gasteiger partial charge in [-0.25, -0.2) is 4.79 Å². The van der Waals surface area contributed by atoms with Crippen molar-refractivity contribution in [1.82, 2.24) is 9.88 Å². The number of carbonyl (C=O) groups excluding carboxylic acids is 1. The molecule has 2 aromatic rings. The van der Waals surface area contributed by atoms with Gasteiger partial charge < -0.3 is 19.4 Å². The Morgan fingerprint density at radius 2 is 2.21 bits per heavy atom. The lowest BCUT2D eigenvalue weighted by molar-refractivity contribution is 0.151. The lowest BCUT2D eigenvalue weighted by Gasteiger charge is -2.05. The van der Waals surface area contributed by atoms with Crippen LogP contribution in [0.15, 0.2) is 24.4 Å². The van der Waals surface area contributed by atoms with Crippen LogP contribution in [0.4, 0.5) is 4.79 Å². The number of nitrogens with one attached hydrogen (secondary N) is 1. The first kappa shape index (κ1) is 13.3. The molecule has 0 atom stereocenters. The molecule has 1 aromatic carbocycles. The zero-order valence-corrected chi connectivity index (χ0v) is 11.4. The van der Waals surface area contributed by atoms with Crippen molar-refractivity contribution in [2.24, 2.45) is 7.05 Å². The number of hydrogen-bond donors (Lipinski definition) is 1. The van der Waals surface area contributed by atoms with Crippen LogP contribution < -0.4 is 10.1 Å². The van der Waals surface area contributed by atoms with E-state index < -0.39 is 6.09 Å². The Kier molecular flexibility index (Phi) is 3.94. The Morgan fingerprint density at radius 1 is 1.42 bits per heavy atom. The van der Waals surface area contributed by atoms with Gasteiger partial charge in [0.1, 0.15) is 5.75 Å². The number of carbonyl (C=O) groups is 1. The summed E-state index contributed by atoms with van der Waals surface area (Å²) in [6.07, 6.45) is 1.60. The standard InChI is InChI=1S/C14H18N2O3/c1-4-19-14(17)15-8-10-9-16(2)13-6-5-11(18-3)7-12(10)13/h5-7,9H,4,8H2,1-3H3,(H,15,17). The Bertz CT molecular complexity index is 590. The average Bonchev–Trinajstić information content (AvgIpc) is 2.73. The van der Waals surface area contributed by atoms with Crippen molar-refractivity contribution in [3.8, 4) is 5.75 Å². The molecule has 1 N–H and O–H groups in total. The summed E-state index contributed by atoms with van der Waals surface area (Å²) in [5.41, 5.74) is 2.13. The minimum atomic E-state index is -0.401. The third kappa shape index (κ3) is 2.81. The molecule has 5 heteroatoms. The Morgan fingerprint density at radius 3 is 2.89 bits per heavy atom. The molecule has 0 bridgehead atoms. The average molecular weight is 262 g/mol. The lowest BCUT2D eigenvalue weighted by Crippen LogP contribution is -2.23. The zero-order valence-electron chi connectivity index (χ0n) is 11.4. The van der Waals surface area contributed by atoms with Gasteiger partial charge in [-0.3, -0.25) is 0 Å². The minimum Gasteiger partial charge on any atom is -0.497 e. The second-order valence-electron chi connectivity index (χ2n) is 4.22. The summed E-state index contributed by atoms with van der Waals surface area (Å²) in [7, 11) is 3.61. The number of amides is 1. The predicted molar refractivity (Wildman–Crippen MR) is 73.3 cm³/mol. The summed E-state index contributed by atoms with van der Waals surface area (Å²) in [6, 6.07) is 5.89. The molecule has 1 amide bonds. The fraction of sp³-hybridized carbons (Fsp3) is 0.357. The normalized spacial score (nSPS) is 10.5. The van der Waals surface area contributed by atoms with E-state index in [0.29, 0.717) is 13.2 Å². The molecule has 1 aromatic heterocycles. The molecule has 1 heterocycles. The van der Waals surface area contributed by atoms with Crippen LogP contribution in [-0.4, -0.2) is 24.4 Å². The van der Waals surface area contributed by atoms with Crippen molar-refractivity contribution >= 4 is 17.0 Å². The summed E-state index contributed by atoms with van der Waals surface area (Å²) in [4.78, 5) is 11.3. The van der Waals surface area contributed by atoms with Gasteiger partial charge in [-0.15, -0.1) is 0 Å². The van der Waals surface area contributed by atoms with Crippen LogP contribution >= 0.6 is 0 Å². The van der Waals surface area contributed by atoms with E-state index in [1.807, 2.05) is 36.0 Å². The van der Waals surface area contributed by atoms with Gasteiger partial charge in [0.05, 0.1) is 13.7 Å². The molecular formula is C14H18N2O3. The predicted octanol–water partition coefficient (Wildman–Crippen LogP) is 2.43. The monoisotopic (exact) mass is 262 g/mol. The van der Waals surface area contributed by atoms with E-state index in [-0.39, 0.29) is 0 Å². The Labute approximate surface area is 112 Å². The first-order chi connectivity index (χ1) is 9.15. The molecule has 0 aliphatic carbocycles. The molecule has 0 saturated carbocycles. The highest BCUT2D eigenvalue weighted by molar-refractivity contribution is 5.85. The van der Waals surface area contributed by atoms with E-state index in [9.17, 15) is 4.79 Å². The molecule has 0 unspecified atom stereocenters. The highest BCUT2D eigenvalue weighted by Gasteiger charge is 2.09. The van der Waals surface area contributed by atoms with Crippen LogP contribution in [0.1, 0.15) is 12.5 Å². The van der Waals surface area contributed by atoms with Crippen molar-refractivity contribution in [2.45, 2.75) is 13.5 Å². The summed E-state index contributed by atoms with van der Waals surface area (Å²) >= 11 is 0. The maximum Gasteiger partial charge on any atom is 0.407 e. The van der Waals surface area contributed by atoms with Gasteiger partial charge in [0, 0.05) is 30.7 Å². The lowest BCUT2D eigenvalue weighted by atomic mass is 10.1. The number of alkyl carbamates (subject to hydrolysis) is 1. The summed E-state index contributed by atoms with van der Waals surface area (Å²) in [5.74, 6) is 0.802. The molecule has 19 heavy (non-hydrogen) atoms. The number of ether oxygens (including phenoxy) is 2. The summed E-state index contributed by atoms with van der Waals surface area (Å²) in [5, 5.41) is 3.80. The molecule has 0 saturated heterocycles. The minimum absolute atomic E-state index is 0.370. The number of fused-ring (bicyclic) bond motifs is 1. The van der Waals surface area contributed by atoms with Crippen molar-refractivity contribution < 1.29 is 14.3 Å². The second-order valence-corrected chi connectivity index (χ2v) is 4.22. The van der Waals surface area contributed by atoms with Gasteiger partial charge in [0.15, 0.2) is 0 Å². The second kappa shape index (κ2) is 5.65. The van der Waals surface area contributed by atoms with Crippen LogP contribution in [-0.2, 0) is 18.3 Å². The van der Waals surface area contributed by atoms with E-state index in [1.165, 1.54) is 0 Å². The van der Waals surface area contributed by atoms with Crippen LogP contribution in [0.25, 0.3) is 10.9 Å². The topological polar surface area (TPSA) is 52.5 Å². The highest BCUT2D eigenvalue weighted by atomic mass is 16.5. The van der Waals surface area contributed by atoms with E-state index in [1.54, 1.807) is 14.0 Å².